The molecule has 0 aliphatic carbocycles. The number of carbonyl (C=O) groups excluding carboxylic acids is 1. The van der Waals surface area contributed by atoms with Crippen molar-refractivity contribution in [3.05, 3.63) is 99.9 Å². The highest BCUT2D eigenvalue weighted by Gasteiger charge is 2.38. The van der Waals surface area contributed by atoms with E-state index in [1.807, 2.05) is 49.4 Å². The molecule has 0 radical (unpaired) electrons. The highest BCUT2D eigenvalue weighted by molar-refractivity contribution is 5.77. The third-order valence-electron chi connectivity index (χ3n) is 8.63. The minimum atomic E-state index is -1.27. The van der Waals surface area contributed by atoms with Gasteiger partial charge in [-0.2, -0.15) is 0 Å². The van der Waals surface area contributed by atoms with Crippen molar-refractivity contribution in [3.8, 4) is 5.75 Å². The molecule has 8 nitrogen and oxygen atoms in total. The van der Waals surface area contributed by atoms with Gasteiger partial charge in [0.05, 0.1) is 6.61 Å². The van der Waals surface area contributed by atoms with Crippen LogP contribution in [-0.2, 0) is 22.4 Å². The fraction of sp³-hybridized carbons (Fsp3) is 0.441. The van der Waals surface area contributed by atoms with E-state index in [2.05, 4.69) is 0 Å². The number of ether oxygens (including phenoxy) is 2. The van der Waals surface area contributed by atoms with Crippen molar-refractivity contribution in [2.24, 2.45) is 5.73 Å². The Balaban J connectivity index is 1.10. The van der Waals surface area contributed by atoms with Gasteiger partial charge in [-0.05, 0) is 65.8 Å². The fourth-order valence-corrected chi connectivity index (χ4v) is 5.91. The molecule has 2 saturated heterocycles. The SMILES string of the molecule is Cc1ccc([C@@H]2OC[C@@H](O)[C@H](O)[C@H]2O)cc1Cc1ccc(OC2CCN(C(=O)C[C@H](N)Cc3cc(F)c(F)cc3F)CC2)cc1. The molecule has 5 N–H and O–H groups in total. The number of benzene rings is 3. The van der Waals surface area contributed by atoms with E-state index in [1.165, 1.54) is 0 Å². The quantitative estimate of drug-likeness (QED) is 0.268. The molecular weight excluding hydrogens is 589 g/mol. The van der Waals surface area contributed by atoms with Gasteiger partial charge < -0.3 is 35.4 Å². The first-order valence-corrected chi connectivity index (χ1v) is 15.2. The molecule has 2 heterocycles. The van der Waals surface area contributed by atoms with Crippen LogP contribution in [-0.4, -0.2) is 76.3 Å². The molecule has 2 aliphatic rings. The Morgan fingerprint density at radius 3 is 2.36 bits per heavy atom. The Labute approximate surface area is 260 Å². The third kappa shape index (κ3) is 8.03. The molecule has 0 bridgehead atoms. The molecule has 0 spiro atoms. The summed E-state index contributed by atoms with van der Waals surface area (Å²) in [6, 6.07) is 14.1. The summed E-state index contributed by atoms with van der Waals surface area (Å²) < 4.78 is 52.4. The zero-order valence-corrected chi connectivity index (χ0v) is 25.0. The van der Waals surface area contributed by atoms with E-state index in [0.717, 1.165) is 34.1 Å². The predicted molar refractivity (Wildman–Crippen MR) is 160 cm³/mol. The van der Waals surface area contributed by atoms with Crippen LogP contribution in [0.5, 0.6) is 5.75 Å². The van der Waals surface area contributed by atoms with E-state index < -0.39 is 47.9 Å². The lowest BCUT2D eigenvalue weighted by atomic mass is 9.91. The zero-order valence-electron chi connectivity index (χ0n) is 25.0. The first kappa shape index (κ1) is 32.9. The second kappa shape index (κ2) is 14.3. The number of likely N-dealkylation sites (tertiary alicyclic amines) is 1. The lowest BCUT2D eigenvalue weighted by Crippen LogP contribution is -2.49. The highest BCUT2D eigenvalue weighted by atomic mass is 19.2. The van der Waals surface area contributed by atoms with Crippen molar-refractivity contribution in [1.29, 1.82) is 0 Å². The van der Waals surface area contributed by atoms with Gasteiger partial charge in [-0.3, -0.25) is 4.79 Å². The van der Waals surface area contributed by atoms with E-state index in [4.69, 9.17) is 15.2 Å². The van der Waals surface area contributed by atoms with Gasteiger partial charge in [0.15, 0.2) is 11.6 Å². The molecule has 5 atom stereocenters. The summed E-state index contributed by atoms with van der Waals surface area (Å²) in [5, 5.41) is 30.3. The van der Waals surface area contributed by atoms with Gasteiger partial charge in [-0.25, -0.2) is 13.2 Å². The molecule has 242 valence electrons. The van der Waals surface area contributed by atoms with Crippen LogP contribution in [0.25, 0.3) is 0 Å². The number of hydrogen-bond acceptors (Lipinski definition) is 7. The second-order valence-electron chi connectivity index (χ2n) is 12.0. The predicted octanol–water partition coefficient (Wildman–Crippen LogP) is 3.49. The summed E-state index contributed by atoms with van der Waals surface area (Å²) in [5.74, 6) is -2.77. The number of carbonyl (C=O) groups is 1. The summed E-state index contributed by atoms with van der Waals surface area (Å²) in [4.78, 5) is 14.5. The molecule has 5 rings (SSSR count). The number of rotatable bonds is 9. The van der Waals surface area contributed by atoms with Crippen molar-refractivity contribution in [2.45, 2.75) is 75.6 Å². The van der Waals surface area contributed by atoms with Crippen LogP contribution >= 0.6 is 0 Å². The van der Waals surface area contributed by atoms with E-state index >= 15 is 0 Å². The summed E-state index contributed by atoms with van der Waals surface area (Å²) in [6.45, 7) is 2.92. The number of halogens is 3. The average molecular weight is 629 g/mol. The van der Waals surface area contributed by atoms with Crippen molar-refractivity contribution in [3.63, 3.8) is 0 Å². The van der Waals surface area contributed by atoms with Crippen molar-refractivity contribution < 1.29 is 42.8 Å². The molecule has 2 aliphatic heterocycles. The summed E-state index contributed by atoms with van der Waals surface area (Å²) in [6.07, 6.45) is -2.63. The molecule has 2 fully saturated rings. The molecular formula is C34H39F3N2O6. The monoisotopic (exact) mass is 628 g/mol. The third-order valence-corrected chi connectivity index (χ3v) is 8.63. The molecule has 0 aromatic heterocycles. The summed E-state index contributed by atoms with van der Waals surface area (Å²) in [7, 11) is 0. The number of amides is 1. The maximum absolute atomic E-state index is 14.0. The Hall–Kier alpha value is -3.48. The summed E-state index contributed by atoms with van der Waals surface area (Å²) >= 11 is 0. The van der Waals surface area contributed by atoms with E-state index in [0.29, 0.717) is 38.4 Å². The van der Waals surface area contributed by atoms with Crippen LogP contribution in [0.4, 0.5) is 13.2 Å². The Bertz CT molecular complexity index is 1480. The van der Waals surface area contributed by atoms with Gasteiger partial charge in [0.1, 0.15) is 42.1 Å². The van der Waals surface area contributed by atoms with Crippen molar-refractivity contribution in [2.75, 3.05) is 19.7 Å². The second-order valence-corrected chi connectivity index (χ2v) is 12.0. The summed E-state index contributed by atoms with van der Waals surface area (Å²) in [5.41, 5.74) is 9.89. The molecule has 45 heavy (non-hydrogen) atoms. The number of nitrogens with two attached hydrogens (primary N) is 1. The van der Waals surface area contributed by atoms with Crippen LogP contribution in [0.1, 0.15) is 53.2 Å². The lowest BCUT2D eigenvalue weighted by Gasteiger charge is -2.35. The zero-order chi connectivity index (χ0) is 32.2. The van der Waals surface area contributed by atoms with E-state index in [1.54, 1.807) is 4.90 Å². The lowest BCUT2D eigenvalue weighted by molar-refractivity contribution is -0.189. The average Bonchev–Trinajstić information content (AvgIpc) is 3.01. The molecule has 3 aromatic carbocycles. The molecule has 1 amide bonds. The normalized spacial score (nSPS) is 23.2. The van der Waals surface area contributed by atoms with Crippen LogP contribution in [0.3, 0.4) is 0 Å². The Morgan fingerprint density at radius 1 is 0.956 bits per heavy atom. The number of aliphatic hydroxyl groups excluding tert-OH is 3. The minimum absolute atomic E-state index is 0.0346. The Morgan fingerprint density at radius 2 is 1.64 bits per heavy atom. The number of piperidine rings is 1. The van der Waals surface area contributed by atoms with Crippen LogP contribution in [0.15, 0.2) is 54.6 Å². The van der Waals surface area contributed by atoms with Crippen LogP contribution in [0, 0.1) is 24.4 Å². The van der Waals surface area contributed by atoms with Gasteiger partial charge in [-0.1, -0.05) is 30.3 Å². The van der Waals surface area contributed by atoms with E-state index in [9.17, 15) is 33.3 Å². The van der Waals surface area contributed by atoms with Gasteiger partial charge >= 0.3 is 0 Å². The van der Waals surface area contributed by atoms with Crippen LogP contribution in [0.2, 0.25) is 0 Å². The van der Waals surface area contributed by atoms with Crippen LogP contribution < -0.4 is 10.5 Å². The minimum Gasteiger partial charge on any atom is -0.490 e. The first-order chi connectivity index (χ1) is 21.5. The first-order valence-electron chi connectivity index (χ1n) is 15.2. The van der Waals surface area contributed by atoms with Crippen molar-refractivity contribution >= 4 is 5.91 Å². The smallest absolute Gasteiger partial charge is 0.224 e. The highest BCUT2D eigenvalue weighted by Crippen LogP contribution is 2.31. The molecule has 0 saturated carbocycles. The number of aliphatic hydroxyl groups is 3. The number of aryl methyl sites for hydroxylation is 1. The topological polar surface area (TPSA) is 125 Å². The molecule has 0 unspecified atom stereocenters. The van der Waals surface area contributed by atoms with Crippen molar-refractivity contribution in [1.82, 2.24) is 4.90 Å². The van der Waals surface area contributed by atoms with Gasteiger partial charge in [-0.15, -0.1) is 0 Å². The maximum Gasteiger partial charge on any atom is 0.224 e. The molecule has 3 aromatic rings. The standard InChI is InChI=1S/C34H39F3N2O6/c1-19-2-5-21(34-33(43)32(42)30(40)18-44-34)13-22(19)12-20-3-6-25(7-4-20)45-26-8-10-39(11-9-26)31(41)16-24(38)14-23-15-28(36)29(37)17-27(23)35/h2-7,13,15,17,24,26,30,32-34,40,42-43H,8-12,14,16,18,38H2,1H3/t24-,30-,32+,33-,34+/m1/s1. The number of nitrogens with zero attached hydrogens (tertiary/aromatic N) is 1. The number of hydrogen-bond donors (Lipinski definition) is 4. The van der Waals surface area contributed by atoms with Gasteiger partial charge in [0.25, 0.3) is 0 Å². The fourth-order valence-electron chi connectivity index (χ4n) is 5.91. The maximum atomic E-state index is 14.0. The largest absolute Gasteiger partial charge is 0.490 e. The van der Waals surface area contributed by atoms with E-state index in [-0.39, 0.29) is 37.0 Å². The van der Waals surface area contributed by atoms with Gasteiger partial charge in [0, 0.05) is 44.5 Å². The van der Waals surface area contributed by atoms with Gasteiger partial charge in [0.2, 0.25) is 5.91 Å². The molecule has 11 heteroatoms. The Kier molecular flexibility index (Phi) is 10.5.